The molecule has 5 aromatic carbocycles. The van der Waals surface area contributed by atoms with E-state index in [2.05, 4.69) is 126 Å². The predicted molar refractivity (Wildman–Crippen MR) is 142 cm³/mol. The van der Waals surface area contributed by atoms with E-state index in [1.807, 2.05) is 12.1 Å². The zero-order valence-electron chi connectivity index (χ0n) is 18.2. The molecule has 0 heterocycles. The summed E-state index contributed by atoms with van der Waals surface area (Å²) in [5, 5.41) is 6.04. The molecule has 0 aliphatic carbocycles. The minimum atomic E-state index is 1.08. The number of anilines is 2. The molecule has 0 amide bonds. The monoisotopic (exact) mass is 477 g/mol. The molecule has 0 aromatic heterocycles. The van der Waals surface area contributed by atoms with Crippen molar-refractivity contribution in [1.29, 1.82) is 0 Å². The highest BCUT2D eigenvalue weighted by molar-refractivity contribution is 9.10. The zero-order valence-corrected chi connectivity index (χ0v) is 19.8. The standard InChI is InChI=1S/C30H24BrN/c1-20-19-30(28-9-5-7-22-6-3-4-8-27(22)28)21(2)18-29(20)23-10-14-25(15-11-23)32-26-16-12-24(31)13-17-26/h3-19,32H,1-2H3. The van der Waals surface area contributed by atoms with Gasteiger partial charge in [-0.25, -0.2) is 0 Å². The molecule has 0 saturated carbocycles. The van der Waals surface area contributed by atoms with Crippen LogP contribution in [0.5, 0.6) is 0 Å². The summed E-state index contributed by atoms with van der Waals surface area (Å²) < 4.78 is 1.08. The van der Waals surface area contributed by atoms with Gasteiger partial charge in [-0.3, -0.25) is 0 Å². The third-order valence-electron chi connectivity index (χ3n) is 5.98. The summed E-state index contributed by atoms with van der Waals surface area (Å²) in [6.45, 7) is 4.42. The SMILES string of the molecule is Cc1cc(-c2cccc3ccccc23)c(C)cc1-c1ccc(Nc2ccc(Br)cc2)cc1. The van der Waals surface area contributed by atoms with Crippen molar-refractivity contribution in [3.8, 4) is 22.3 Å². The molecule has 2 heteroatoms. The van der Waals surface area contributed by atoms with E-state index in [1.165, 1.54) is 44.2 Å². The van der Waals surface area contributed by atoms with E-state index in [1.54, 1.807) is 0 Å². The van der Waals surface area contributed by atoms with Crippen LogP contribution in [0.25, 0.3) is 33.0 Å². The number of hydrogen-bond donors (Lipinski definition) is 1. The van der Waals surface area contributed by atoms with Gasteiger partial charge in [-0.1, -0.05) is 82.7 Å². The van der Waals surface area contributed by atoms with Gasteiger partial charge < -0.3 is 5.32 Å². The van der Waals surface area contributed by atoms with E-state index in [4.69, 9.17) is 0 Å². The molecule has 0 atom stereocenters. The van der Waals surface area contributed by atoms with E-state index in [0.29, 0.717) is 0 Å². The molecule has 0 fully saturated rings. The lowest BCUT2D eigenvalue weighted by Gasteiger charge is -2.15. The van der Waals surface area contributed by atoms with E-state index in [0.717, 1.165) is 15.8 Å². The van der Waals surface area contributed by atoms with Gasteiger partial charge in [0, 0.05) is 15.8 Å². The molecule has 0 aliphatic rings. The van der Waals surface area contributed by atoms with Crippen LogP contribution in [-0.4, -0.2) is 0 Å². The van der Waals surface area contributed by atoms with E-state index < -0.39 is 0 Å². The molecule has 0 spiro atoms. The normalized spacial score (nSPS) is 11.0. The lowest BCUT2D eigenvalue weighted by molar-refractivity contribution is 1.39. The summed E-state index contributed by atoms with van der Waals surface area (Å²) in [6.07, 6.45) is 0. The van der Waals surface area contributed by atoms with Gasteiger partial charge in [-0.05, 0) is 94.4 Å². The van der Waals surface area contributed by atoms with Crippen molar-refractivity contribution in [3.05, 3.63) is 119 Å². The average Bonchev–Trinajstić information content (AvgIpc) is 2.82. The van der Waals surface area contributed by atoms with Crippen molar-refractivity contribution >= 4 is 38.1 Å². The molecule has 156 valence electrons. The van der Waals surface area contributed by atoms with Gasteiger partial charge in [0.1, 0.15) is 0 Å². The van der Waals surface area contributed by atoms with Gasteiger partial charge in [0.2, 0.25) is 0 Å². The lowest BCUT2D eigenvalue weighted by Crippen LogP contribution is -1.92. The Bertz CT molecular complexity index is 1390. The lowest BCUT2D eigenvalue weighted by atomic mass is 9.90. The summed E-state index contributed by atoms with van der Waals surface area (Å²) in [5.41, 5.74) is 9.84. The van der Waals surface area contributed by atoms with Crippen LogP contribution in [0.15, 0.2) is 108 Å². The van der Waals surface area contributed by atoms with Gasteiger partial charge in [0.25, 0.3) is 0 Å². The molecule has 5 rings (SSSR count). The molecule has 0 bridgehead atoms. The molecular weight excluding hydrogens is 454 g/mol. The Balaban J connectivity index is 1.47. The van der Waals surface area contributed by atoms with Crippen molar-refractivity contribution in [1.82, 2.24) is 0 Å². The molecule has 0 aliphatic heterocycles. The third-order valence-corrected chi connectivity index (χ3v) is 6.51. The van der Waals surface area contributed by atoms with Gasteiger partial charge in [0.15, 0.2) is 0 Å². The quantitative estimate of drug-likeness (QED) is 0.271. The van der Waals surface area contributed by atoms with Gasteiger partial charge in [-0.2, -0.15) is 0 Å². The molecule has 32 heavy (non-hydrogen) atoms. The van der Waals surface area contributed by atoms with Crippen LogP contribution in [0.2, 0.25) is 0 Å². The average molecular weight is 478 g/mol. The smallest absolute Gasteiger partial charge is 0.0384 e. The van der Waals surface area contributed by atoms with Crippen molar-refractivity contribution in [2.75, 3.05) is 5.32 Å². The first-order valence-corrected chi connectivity index (χ1v) is 11.6. The molecule has 0 saturated heterocycles. The Morgan fingerprint density at radius 1 is 0.562 bits per heavy atom. The fourth-order valence-electron chi connectivity index (χ4n) is 4.31. The van der Waals surface area contributed by atoms with E-state index >= 15 is 0 Å². The van der Waals surface area contributed by atoms with Gasteiger partial charge >= 0.3 is 0 Å². The maximum Gasteiger partial charge on any atom is 0.0384 e. The highest BCUT2D eigenvalue weighted by Gasteiger charge is 2.11. The Labute approximate surface area is 197 Å². The Kier molecular flexibility index (Phi) is 5.55. The third kappa shape index (κ3) is 4.06. The topological polar surface area (TPSA) is 12.0 Å². The summed E-state index contributed by atoms with van der Waals surface area (Å²) in [5.74, 6) is 0. The summed E-state index contributed by atoms with van der Waals surface area (Å²) in [6, 6.07) is 36.7. The first-order chi connectivity index (χ1) is 15.6. The van der Waals surface area contributed by atoms with Crippen molar-refractivity contribution in [3.63, 3.8) is 0 Å². The van der Waals surface area contributed by atoms with Crippen molar-refractivity contribution < 1.29 is 0 Å². The predicted octanol–water partition coefficient (Wildman–Crippen LogP) is 9.30. The van der Waals surface area contributed by atoms with E-state index in [9.17, 15) is 0 Å². The number of benzene rings is 5. The van der Waals surface area contributed by atoms with Crippen LogP contribution in [0, 0.1) is 13.8 Å². The molecule has 1 nitrogen and oxygen atoms in total. The number of aryl methyl sites for hydroxylation is 2. The summed E-state index contributed by atoms with van der Waals surface area (Å²) in [4.78, 5) is 0. The number of hydrogen-bond acceptors (Lipinski definition) is 1. The number of nitrogens with one attached hydrogen (secondary N) is 1. The number of fused-ring (bicyclic) bond motifs is 1. The van der Waals surface area contributed by atoms with Crippen LogP contribution in [0.3, 0.4) is 0 Å². The number of halogens is 1. The fourth-order valence-corrected chi connectivity index (χ4v) is 4.57. The fraction of sp³-hybridized carbons (Fsp3) is 0.0667. The molecular formula is C30H24BrN. The summed E-state index contributed by atoms with van der Waals surface area (Å²) in [7, 11) is 0. The van der Waals surface area contributed by atoms with Crippen LogP contribution in [0.1, 0.15) is 11.1 Å². The largest absolute Gasteiger partial charge is 0.356 e. The van der Waals surface area contributed by atoms with Gasteiger partial charge in [-0.15, -0.1) is 0 Å². The maximum atomic E-state index is 3.48. The van der Waals surface area contributed by atoms with Crippen molar-refractivity contribution in [2.45, 2.75) is 13.8 Å². The second-order valence-corrected chi connectivity index (χ2v) is 9.13. The van der Waals surface area contributed by atoms with Crippen LogP contribution < -0.4 is 5.32 Å². The second-order valence-electron chi connectivity index (χ2n) is 8.22. The Morgan fingerprint density at radius 3 is 1.91 bits per heavy atom. The van der Waals surface area contributed by atoms with Crippen molar-refractivity contribution in [2.24, 2.45) is 0 Å². The Hall–Kier alpha value is -3.36. The van der Waals surface area contributed by atoms with Crippen LogP contribution >= 0.6 is 15.9 Å². The molecule has 0 radical (unpaired) electrons. The van der Waals surface area contributed by atoms with Crippen LogP contribution in [0.4, 0.5) is 11.4 Å². The first kappa shape index (κ1) is 20.5. The van der Waals surface area contributed by atoms with E-state index in [-0.39, 0.29) is 0 Å². The summed E-state index contributed by atoms with van der Waals surface area (Å²) >= 11 is 3.48. The highest BCUT2D eigenvalue weighted by Crippen LogP contribution is 2.35. The number of rotatable bonds is 4. The minimum absolute atomic E-state index is 1.08. The second kappa shape index (κ2) is 8.64. The maximum absolute atomic E-state index is 3.48. The first-order valence-electron chi connectivity index (χ1n) is 10.8. The minimum Gasteiger partial charge on any atom is -0.356 e. The van der Waals surface area contributed by atoms with Crippen LogP contribution in [-0.2, 0) is 0 Å². The van der Waals surface area contributed by atoms with Gasteiger partial charge in [0.05, 0.1) is 0 Å². The highest BCUT2D eigenvalue weighted by atomic mass is 79.9. The molecule has 0 unspecified atom stereocenters. The zero-order chi connectivity index (χ0) is 22.1. The molecule has 5 aromatic rings. The molecule has 1 N–H and O–H groups in total. The Morgan fingerprint density at radius 2 is 1.16 bits per heavy atom.